The molecule has 0 aliphatic rings. The predicted molar refractivity (Wildman–Crippen MR) is 106 cm³/mol. The molecule has 0 aliphatic heterocycles. The zero-order valence-electron chi connectivity index (χ0n) is 15.8. The molecule has 4 aromatic rings. The van der Waals surface area contributed by atoms with Crippen LogP contribution in [0.15, 0.2) is 67.3 Å². The van der Waals surface area contributed by atoms with E-state index in [1.54, 1.807) is 48.5 Å². The van der Waals surface area contributed by atoms with Crippen molar-refractivity contribution >= 4 is 5.91 Å². The third-order valence-corrected chi connectivity index (χ3v) is 4.51. The number of pyridine rings is 1. The Morgan fingerprint density at radius 1 is 1.10 bits per heavy atom. The molecule has 1 N–H and O–H groups in total. The van der Waals surface area contributed by atoms with Gasteiger partial charge in [0.25, 0.3) is 5.91 Å². The van der Waals surface area contributed by atoms with Crippen LogP contribution < -0.4 is 5.32 Å². The van der Waals surface area contributed by atoms with Crippen molar-refractivity contribution in [2.75, 3.05) is 6.54 Å². The van der Waals surface area contributed by atoms with Crippen molar-refractivity contribution < 1.29 is 9.18 Å². The maximum atomic E-state index is 13.1. The van der Waals surface area contributed by atoms with Gasteiger partial charge in [0.2, 0.25) is 0 Å². The molecule has 0 atom stereocenters. The number of nitrogens with one attached hydrogen (secondary N) is 1. The van der Waals surface area contributed by atoms with Gasteiger partial charge in [0, 0.05) is 48.9 Å². The number of nitrogens with zero attached hydrogens (tertiary/aromatic N) is 5. The summed E-state index contributed by atoms with van der Waals surface area (Å²) in [5, 5.41) is 11.5. The summed E-state index contributed by atoms with van der Waals surface area (Å²) in [6, 6.07) is 11.5. The number of carbonyl (C=O) groups is 1. The van der Waals surface area contributed by atoms with Crippen LogP contribution >= 0.6 is 0 Å². The fourth-order valence-electron chi connectivity index (χ4n) is 2.98. The van der Waals surface area contributed by atoms with E-state index in [4.69, 9.17) is 0 Å². The van der Waals surface area contributed by atoms with E-state index in [1.807, 2.05) is 18.3 Å². The SMILES string of the molecule is Cn1nc(-c2ccc(F)cc2)cc1C(=O)NCCn1cc(-c2cccnc2)cn1. The molecule has 0 spiro atoms. The Bertz CT molecular complexity index is 1120. The average molecular weight is 390 g/mol. The van der Waals surface area contributed by atoms with Crippen LogP contribution in [0.3, 0.4) is 0 Å². The highest BCUT2D eigenvalue weighted by molar-refractivity contribution is 5.93. The molecule has 4 rings (SSSR count). The topological polar surface area (TPSA) is 77.6 Å². The van der Waals surface area contributed by atoms with E-state index < -0.39 is 0 Å². The monoisotopic (exact) mass is 390 g/mol. The molecular formula is C21H19FN6O. The van der Waals surface area contributed by atoms with Gasteiger partial charge in [-0.15, -0.1) is 0 Å². The second-order valence-corrected chi connectivity index (χ2v) is 6.54. The lowest BCUT2D eigenvalue weighted by molar-refractivity contribution is 0.0942. The van der Waals surface area contributed by atoms with Crippen molar-refractivity contribution in [2.45, 2.75) is 6.54 Å². The summed E-state index contributed by atoms with van der Waals surface area (Å²) < 4.78 is 16.4. The molecule has 8 heteroatoms. The van der Waals surface area contributed by atoms with Crippen LogP contribution in [0.1, 0.15) is 10.5 Å². The van der Waals surface area contributed by atoms with Crippen molar-refractivity contribution in [1.29, 1.82) is 0 Å². The zero-order valence-corrected chi connectivity index (χ0v) is 15.8. The van der Waals surface area contributed by atoms with Crippen LogP contribution in [-0.4, -0.2) is 37.0 Å². The molecule has 0 bridgehead atoms. The highest BCUT2D eigenvalue weighted by atomic mass is 19.1. The molecule has 1 amide bonds. The summed E-state index contributed by atoms with van der Waals surface area (Å²) >= 11 is 0. The number of halogens is 1. The Morgan fingerprint density at radius 3 is 2.69 bits per heavy atom. The Labute approximate surface area is 166 Å². The number of rotatable bonds is 6. The molecule has 146 valence electrons. The first kappa shape index (κ1) is 18.5. The molecule has 0 fully saturated rings. The first-order valence-electron chi connectivity index (χ1n) is 9.11. The number of benzene rings is 1. The minimum absolute atomic E-state index is 0.229. The van der Waals surface area contributed by atoms with Gasteiger partial charge >= 0.3 is 0 Å². The number of hydrogen-bond acceptors (Lipinski definition) is 4. The average Bonchev–Trinajstić information content (AvgIpc) is 3.36. The standard InChI is InChI=1S/C21H19FN6O/c1-27-20(11-19(26-27)15-4-6-18(22)7-5-15)21(29)24-9-10-28-14-17(13-25-28)16-3-2-8-23-12-16/h2-8,11-14H,9-10H2,1H3,(H,24,29). The van der Waals surface area contributed by atoms with Crippen LogP contribution in [0.2, 0.25) is 0 Å². The summed E-state index contributed by atoms with van der Waals surface area (Å²) in [5.41, 5.74) is 3.76. The molecule has 3 heterocycles. The van der Waals surface area contributed by atoms with Crippen molar-refractivity contribution in [2.24, 2.45) is 7.05 Å². The molecule has 0 aliphatic carbocycles. The molecule has 29 heavy (non-hydrogen) atoms. The minimum Gasteiger partial charge on any atom is -0.349 e. The molecule has 3 aromatic heterocycles. The Morgan fingerprint density at radius 2 is 1.93 bits per heavy atom. The van der Waals surface area contributed by atoms with E-state index in [0.717, 1.165) is 16.7 Å². The molecule has 7 nitrogen and oxygen atoms in total. The molecule has 0 saturated heterocycles. The zero-order chi connectivity index (χ0) is 20.2. The van der Waals surface area contributed by atoms with Gasteiger partial charge in [-0.25, -0.2) is 4.39 Å². The summed E-state index contributed by atoms with van der Waals surface area (Å²) in [4.78, 5) is 16.6. The lowest BCUT2D eigenvalue weighted by Gasteiger charge is -2.05. The number of carbonyl (C=O) groups excluding carboxylic acids is 1. The lowest BCUT2D eigenvalue weighted by atomic mass is 10.1. The summed E-state index contributed by atoms with van der Waals surface area (Å²) in [6.07, 6.45) is 7.20. The van der Waals surface area contributed by atoms with E-state index in [0.29, 0.717) is 24.5 Å². The second kappa shape index (κ2) is 8.05. The van der Waals surface area contributed by atoms with Crippen LogP contribution in [0.25, 0.3) is 22.4 Å². The van der Waals surface area contributed by atoms with Gasteiger partial charge in [-0.1, -0.05) is 6.07 Å². The Kier molecular flexibility index (Phi) is 5.15. The lowest BCUT2D eigenvalue weighted by Crippen LogP contribution is -2.29. The van der Waals surface area contributed by atoms with Gasteiger partial charge in [-0.2, -0.15) is 10.2 Å². The van der Waals surface area contributed by atoms with Crippen LogP contribution in [0.5, 0.6) is 0 Å². The maximum Gasteiger partial charge on any atom is 0.269 e. The molecule has 0 radical (unpaired) electrons. The maximum absolute atomic E-state index is 13.1. The summed E-state index contributed by atoms with van der Waals surface area (Å²) in [5.74, 6) is -0.541. The molecule has 1 aromatic carbocycles. The van der Waals surface area contributed by atoms with Gasteiger partial charge < -0.3 is 5.32 Å². The first-order chi connectivity index (χ1) is 14.1. The number of aromatic nitrogens is 5. The van der Waals surface area contributed by atoms with E-state index in [1.165, 1.54) is 16.8 Å². The second-order valence-electron chi connectivity index (χ2n) is 6.54. The van der Waals surface area contributed by atoms with Crippen LogP contribution in [0, 0.1) is 5.82 Å². The van der Waals surface area contributed by atoms with Crippen LogP contribution in [-0.2, 0) is 13.6 Å². The Hall–Kier alpha value is -3.81. The van der Waals surface area contributed by atoms with Gasteiger partial charge in [0.05, 0.1) is 18.4 Å². The van der Waals surface area contributed by atoms with E-state index in [9.17, 15) is 9.18 Å². The number of hydrogen-bond donors (Lipinski definition) is 1. The quantitative estimate of drug-likeness (QED) is 0.549. The number of amides is 1. The molecule has 0 unspecified atom stereocenters. The van der Waals surface area contributed by atoms with Gasteiger partial charge in [0.1, 0.15) is 11.5 Å². The summed E-state index contributed by atoms with van der Waals surface area (Å²) in [7, 11) is 1.70. The normalized spacial score (nSPS) is 10.8. The third kappa shape index (κ3) is 4.21. The van der Waals surface area contributed by atoms with Gasteiger partial charge in [0.15, 0.2) is 0 Å². The van der Waals surface area contributed by atoms with Crippen molar-refractivity contribution in [3.8, 4) is 22.4 Å². The fourth-order valence-corrected chi connectivity index (χ4v) is 2.98. The predicted octanol–water partition coefficient (Wildman–Crippen LogP) is 2.91. The van der Waals surface area contributed by atoms with Crippen molar-refractivity contribution in [1.82, 2.24) is 29.9 Å². The van der Waals surface area contributed by atoms with E-state index in [-0.39, 0.29) is 11.7 Å². The molecular weight excluding hydrogens is 371 g/mol. The van der Waals surface area contributed by atoms with Gasteiger partial charge in [-0.05, 0) is 36.4 Å². The minimum atomic E-state index is -0.312. The highest BCUT2D eigenvalue weighted by Crippen LogP contribution is 2.19. The largest absolute Gasteiger partial charge is 0.349 e. The summed E-state index contributed by atoms with van der Waals surface area (Å²) in [6.45, 7) is 0.957. The highest BCUT2D eigenvalue weighted by Gasteiger charge is 2.14. The van der Waals surface area contributed by atoms with Crippen LogP contribution in [0.4, 0.5) is 4.39 Å². The van der Waals surface area contributed by atoms with E-state index >= 15 is 0 Å². The first-order valence-corrected chi connectivity index (χ1v) is 9.11. The van der Waals surface area contributed by atoms with E-state index in [2.05, 4.69) is 20.5 Å². The fraction of sp³-hybridized carbons (Fsp3) is 0.143. The number of aryl methyl sites for hydroxylation is 1. The Balaban J connectivity index is 1.37. The van der Waals surface area contributed by atoms with Gasteiger partial charge in [-0.3, -0.25) is 19.1 Å². The molecule has 0 saturated carbocycles. The smallest absolute Gasteiger partial charge is 0.269 e. The van der Waals surface area contributed by atoms with Crippen molar-refractivity contribution in [3.05, 3.63) is 78.8 Å². The van der Waals surface area contributed by atoms with Crippen molar-refractivity contribution in [3.63, 3.8) is 0 Å². The third-order valence-electron chi connectivity index (χ3n) is 4.51.